The molecule has 2 heterocycles. The smallest absolute Gasteiger partial charge is 0.313 e. The minimum atomic E-state index is -3.90. The molecule has 4 atom stereocenters. The molecule has 3 aromatic rings. The number of benzene rings is 3. The van der Waals surface area contributed by atoms with Crippen molar-refractivity contribution in [2.24, 2.45) is 5.92 Å². The zero-order valence-corrected chi connectivity index (χ0v) is 19.1. The highest BCUT2D eigenvalue weighted by molar-refractivity contribution is 7.86. The summed E-state index contributed by atoms with van der Waals surface area (Å²) in [7, 11) is -3.90. The van der Waals surface area contributed by atoms with Gasteiger partial charge in [0.2, 0.25) is 0 Å². The van der Waals surface area contributed by atoms with Crippen LogP contribution in [-0.4, -0.2) is 32.1 Å². The molecule has 2 aliphatic heterocycles. The average Bonchev–Trinajstić information content (AvgIpc) is 3.13. The Morgan fingerprint density at radius 2 is 1.66 bits per heavy atom. The Hall–Kier alpha value is -2.67. The molecule has 1 saturated heterocycles. The Bertz CT molecular complexity index is 1200. The molecule has 5 rings (SSSR count). The molecule has 3 aromatic carbocycles. The number of hydroxylamine groups is 2. The van der Waals surface area contributed by atoms with E-state index >= 15 is 0 Å². The molecule has 0 spiro atoms. The first kappa shape index (κ1) is 21.2. The van der Waals surface area contributed by atoms with E-state index in [1.54, 1.807) is 29.3 Å². The molecule has 6 heteroatoms. The molecule has 0 bridgehead atoms. The Morgan fingerprint density at radius 3 is 2.38 bits per heavy atom. The molecule has 32 heavy (non-hydrogen) atoms. The van der Waals surface area contributed by atoms with Gasteiger partial charge in [0.1, 0.15) is 0 Å². The fourth-order valence-corrected chi connectivity index (χ4v) is 6.23. The van der Waals surface area contributed by atoms with E-state index in [1.165, 1.54) is 11.1 Å². The number of nitrogens with zero attached hydrogens (tertiary/aromatic N) is 1. The zero-order valence-electron chi connectivity index (χ0n) is 18.3. The van der Waals surface area contributed by atoms with Crippen molar-refractivity contribution in [3.05, 3.63) is 95.6 Å². The van der Waals surface area contributed by atoms with Gasteiger partial charge in [0, 0.05) is 30.1 Å². The van der Waals surface area contributed by atoms with Gasteiger partial charge in [-0.2, -0.15) is 17.8 Å². The molecule has 0 aliphatic carbocycles. The van der Waals surface area contributed by atoms with Crippen molar-refractivity contribution in [2.45, 2.75) is 43.2 Å². The number of hydrogen-bond acceptors (Lipinski definition) is 5. The molecule has 1 fully saturated rings. The van der Waals surface area contributed by atoms with Crippen molar-refractivity contribution < 1.29 is 12.7 Å². The van der Waals surface area contributed by atoms with Crippen molar-refractivity contribution in [3.63, 3.8) is 0 Å². The fourth-order valence-electron chi connectivity index (χ4n) is 5.25. The normalized spacial score (nSPS) is 25.1. The third kappa shape index (κ3) is 3.72. The van der Waals surface area contributed by atoms with Crippen LogP contribution in [0.25, 0.3) is 0 Å². The molecule has 0 saturated carbocycles. The third-order valence-electron chi connectivity index (χ3n) is 6.76. The predicted molar refractivity (Wildman–Crippen MR) is 126 cm³/mol. The van der Waals surface area contributed by atoms with Crippen molar-refractivity contribution in [2.75, 3.05) is 11.9 Å². The van der Waals surface area contributed by atoms with Crippen LogP contribution < -0.4 is 5.32 Å². The molecule has 1 N–H and O–H groups in total. The van der Waals surface area contributed by atoms with Gasteiger partial charge in [-0.25, -0.2) is 0 Å². The van der Waals surface area contributed by atoms with E-state index in [1.807, 2.05) is 19.1 Å². The lowest BCUT2D eigenvalue weighted by molar-refractivity contribution is -0.0676. The maximum atomic E-state index is 13.1. The molecular formula is C26H28N2O3S. The number of aryl methyl sites for hydroxylation is 1. The van der Waals surface area contributed by atoms with Crippen LogP contribution in [0.4, 0.5) is 5.69 Å². The summed E-state index contributed by atoms with van der Waals surface area (Å²) < 4.78 is 31.9. The summed E-state index contributed by atoms with van der Waals surface area (Å²) in [6, 6.07) is 25.7. The van der Waals surface area contributed by atoms with Gasteiger partial charge in [-0.05, 0) is 42.7 Å². The van der Waals surface area contributed by atoms with Crippen LogP contribution in [0.2, 0.25) is 0 Å². The van der Waals surface area contributed by atoms with E-state index in [9.17, 15) is 8.42 Å². The van der Waals surface area contributed by atoms with E-state index in [4.69, 9.17) is 4.28 Å². The van der Waals surface area contributed by atoms with Gasteiger partial charge in [0.15, 0.2) is 0 Å². The van der Waals surface area contributed by atoms with Gasteiger partial charge in [0.25, 0.3) is 0 Å². The van der Waals surface area contributed by atoms with Crippen LogP contribution in [0.5, 0.6) is 0 Å². The zero-order chi connectivity index (χ0) is 22.3. The largest absolute Gasteiger partial charge is 0.380 e. The number of hydrogen-bond donors (Lipinski definition) is 1. The lowest BCUT2D eigenvalue weighted by Crippen LogP contribution is -2.43. The number of para-hydroxylation sites is 1. The average molecular weight is 449 g/mol. The number of rotatable bonds is 5. The molecule has 0 radical (unpaired) electrons. The third-order valence-corrected chi connectivity index (χ3v) is 8.00. The van der Waals surface area contributed by atoms with E-state index in [0.717, 1.165) is 17.7 Å². The highest BCUT2D eigenvalue weighted by Gasteiger charge is 2.50. The SMILES string of the molecule is CCC1[C@@H]2Nc3ccccc3C(c3ccccc3)[C@H]2CN1OS(=O)(=O)c1ccc(C)cc1. The fraction of sp³-hybridized carbons (Fsp3) is 0.308. The first-order chi connectivity index (χ1) is 15.5. The lowest BCUT2D eigenvalue weighted by atomic mass is 9.74. The molecule has 0 amide bonds. The van der Waals surface area contributed by atoms with Crippen LogP contribution in [0.3, 0.4) is 0 Å². The molecule has 166 valence electrons. The van der Waals surface area contributed by atoms with Crippen molar-refractivity contribution in [1.29, 1.82) is 0 Å². The topological polar surface area (TPSA) is 58.6 Å². The van der Waals surface area contributed by atoms with Crippen LogP contribution in [-0.2, 0) is 14.4 Å². The van der Waals surface area contributed by atoms with Crippen LogP contribution in [0.1, 0.15) is 36.0 Å². The highest BCUT2D eigenvalue weighted by atomic mass is 32.2. The lowest BCUT2D eigenvalue weighted by Gasteiger charge is -2.38. The van der Waals surface area contributed by atoms with Gasteiger partial charge >= 0.3 is 10.1 Å². The Balaban J connectivity index is 1.50. The number of fused-ring (bicyclic) bond motifs is 2. The Kier molecular flexibility index (Phi) is 5.53. The first-order valence-electron chi connectivity index (χ1n) is 11.2. The van der Waals surface area contributed by atoms with Crippen LogP contribution >= 0.6 is 0 Å². The molecule has 2 unspecified atom stereocenters. The van der Waals surface area contributed by atoms with E-state index in [-0.39, 0.29) is 28.8 Å². The standard InChI is InChI=1S/C26H28N2O3S/c1-3-24-26-22(17-28(24)31-32(29,30)20-15-13-18(2)14-16-20)25(19-9-5-4-6-10-19)21-11-7-8-12-23(21)27-26/h4-16,22,24-27H,3,17H2,1-2H3/t22-,24?,25?,26-/m1/s1. The molecule has 2 aliphatic rings. The summed E-state index contributed by atoms with van der Waals surface area (Å²) in [5, 5.41) is 5.40. The van der Waals surface area contributed by atoms with Gasteiger partial charge in [-0.15, -0.1) is 0 Å². The Morgan fingerprint density at radius 1 is 0.969 bits per heavy atom. The van der Waals surface area contributed by atoms with Crippen molar-refractivity contribution >= 4 is 15.8 Å². The molecule has 0 aromatic heterocycles. The second-order valence-electron chi connectivity index (χ2n) is 8.73. The summed E-state index contributed by atoms with van der Waals surface area (Å²) in [6.07, 6.45) is 0.779. The summed E-state index contributed by atoms with van der Waals surface area (Å²) in [5.74, 6) is 0.355. The minimum Gasteiger partial charge on any atom is -0.380 e. The van der Waals surface area contributed by atoms with Gasteiger partial charge in [-0.3, -0.25) is 0 Å². The highest BCUT2D eigenvalue weighted by Crippen LogP contribution is 2.48. The summed E-state index contributed by atoms with van der Waals surface area (Å²) in [6.45, 7) is 4.55. The predicted octanol–water partition coefficient (Wildman–Crippen LogP) is 4.95. The number of anilines is 1. The quantitative estimate of drug-likeness (QED) is 0.598. The summed E-state index contributed by atoms with van der Waals surface area (Å²) in [4.78, 5) is 0.184. The van der Waals surface area contributed by atoms with E-state index < -0.39 is 10.1 Å². The van der Waals surface area contributed by atoms with Crippen LogP contribution in [0, 0.1) is 12.8 Å². The monoisotopic (exact) mass is 448 g/mol. The molecule has 5 nitrogen and oxygen atoms in total. The minimum absolute atomic E-state index is 0.0557. The second kappa shape index (κ2) is 8.35. The Labute approximate surface area is 190 Å². The van der Waals surface area contributed by atoms with Crippen molar-refractivity contribution in [3.8, 4) is 0 Å². The maximum Gasteiger partial charge on any atom is 0.313 e. The van der Waals surface area contributed by atoms with Gasteiger partial charge < -0.3 is 5.32 Å². The number of nitrogens with one attached hydrogen (secondary N) is 1. The second-order valence-corrected chi connectivity index (χ2v) is 10.3. The summed E-state index contributed by atoms with van der Waals surface area (Å²) in [5.41, 5.74) is 4.62. The molecular weight excluding hydrogens is 420 g/mol. The first-order valence-corrected chi connectivity index (χ1v) is 12.6. The van der Waals surface area contributed by atoms with Crippen LogP contribution in [0.15, 0.2) is 83.8 Å². The summed E-state index contributed by atoms with van der Waals surface area (Å²) >= 11 is 0. The van der Waals surface area contributed by atoms with Crippen molar-refractivity contribution in [1.82, 2.24) is 5.06 Å². The van der Waals surface area contributed by atoms with E-state index in [2.05, 4.69) is 54.7 Å². The van der Waals surface area contributed by atoms with Gasteiger partial charge in [-0.1, -0.05) is 73.2 Å². The van der Waals surface area contributed by atoms with Gasteiger partial charge in [0.05, 0.1) is 10.9 Å². The van der Waals surface area contributed by atoms with E-state index in [0.29, 0.717) is 6.54 Å². The maximum absolute atomic E-state index is 13.1.